The van der Waals surface area contributed by atoms with Gasteiger partial charge in [-0.3, -0.25) is 0 Å². The molecule has 0 heterocycles. The lowest BCUT2D eigenvalue weighted by Gasteiger charge is -1.93. The van der Waals surface area contributed by atoms with E-state index >= 15 is 0 Å². The van der Waals surface area contributed by atoms with Gasteiger partial charge in [0.2, 0.25) is 0 Å². The summed E-state index contributed by atoms with van der Waals surface area (Å²) in [5.74, 6) is 0.625. The molecule has 1 aliphatic rings. The van der Waals surface area contributed by atoms with E-state index in [1.54, 1.807) is 0 Å². The lowest BCUT2D eigenvalue weighted by Crippen LogP contribution is -1.81. The average molecular weight is 119 g/mol. The number of allylic oxidation sites excluding steroid dienone is 4. The summed E-state index contributed by atoms with van der Waals surface area (Å²) in [5.41, 5.74) is 0. The van der Waals surface area contributed by atoms with Gasteiger partial charge in [-0.2, -0.15) is 0 Å². The molecular formula is C7H11Mg. The third kappa shape index (κ3) is 2.01. The van der Waals surface area contributed by atoms with E-state index in [-0.39, 0.29) is 23.1 Å². The highest BCUT2D eigenvalue weighted by molar-refractivity contribution is 5.75. The summed E-state index contributed by atoms with van der Waals surface area (Å²) in [6, 6.07) is 0. The molecule has 1 radical (unpaired) electrons. The standard InChI is InChI=1S/C7H9.Mg.2H/c1-2-7-5-3-4-6-7;;;/h3-7H,1-2H2;;;. The molecule has 0 aromatic carbocycles. The van der Waals surface area contributed by atoms with Crippen LogP contribution >= 0.6 is 0 Å². The Bertz CT molecular complexity index is 91.0. The Balaban J connectivity index is 0.000000490. The molecule has 0 aliphatic heterocycles. The van der Waals surface area contributed by atoms with Crippen molar-refractivity contribution in [3.05, 3.63) is 31.2 Å². The van der Waals surface area contributed by atoms with Gasteiger partial charge in [0.25, 0.3) is 0 Å². The molecule has 0 N–H and O–H groups in total. The molecule has 0 nitrogen and oxygen atoms in total. The fourth-order valence-electron chi connectivity index (χ4n) is 0.670. The van der Waals surface area contributed by atoms with Crippen LogP contribution in [0.3, 0.4) is 0 Å². The van der Waals surface area contributed by atoms with Gasteiger partial charge in [0.1, 0.15) is 0 Å². The largest absolute Gasteiger partial charge is 0.316 e. The Hall–Kier alpha value is 0.246. The summed E-state index contributed by atoms with van der Waals surface area (Å²) < 4.78 is 0. The maximum absolute atomic E-state index is 3.77. The lowest BCUT2D eigenvalue weighted by molar-refractivity contribution is 0.842. The van der Waals surface area contributed by atoms with E-state index in [1.165, 1.54) is 0 Å². The first-order valence-corrected chi connectivity index (χ1v) is 2.57. The monoisotopic (exact) mass is 119 g/mol. The van der Waals surface area contributed by atoms with Gasteiger partial charge in [0.15, 0.2) is 0 Å². The molecular weight excluding hydrogens is 108 g/mol. The van der Waals surface area contributed by atoms with Crippen LogP contribution < -0.4 is 0 Å². The maximum Gasteiger partial charge on any atom is 0.316 e. The highest BCUT2D eigenvalue weighted by Crippen LogP contribution is 2.10. The van der Waals surface area contributed by atoms with E-state index in [4.69, 9.17) is 0 Å². The topological polar surface area (TPSA) is 0 Å². The fourth-order valence-corrected chi connectivity index (χ4v) is 0.670. The van der Waals surface area contributed by atoms with Crippen molar-refractivity contribution in [3.8, 4) is 0 Å². The molecule has 0 aromatic heterocycles. The van der Waals surface area contributed by atoms with Crippen LogP contribution in [0, 0.1) is 12.8 Å². The second-order valence-corrected chi connectivity index (χ2v) is 1.72. The van der Waals surface area contributed by atoms with Crippen LogP contribution in [0.5, 0.6) is 0 Å². The maximum atomic E-state index is 3.77. The molecule has 0 atom stereocenters. The van der Waals surface area contributed by atoms with Crippen molar-refractivity contribution in [3.63, 3.8) is 0 Å². The van der Waals surface area contributed by atoms with Gasteiger partial charge in [-0.25, -0.2) is 0 Å². The van der Waals surface area contributed by atoms with Crippen LogP contribution in [-0.2, 0) is 0 Å². The van der Waals surface area contributed by atoms with E-state index in [2.05, 4.69) is 31.2 Å². The van der Waals surface area contributed by atoms with Crippen molar-refractivity contribution in [1.82, 2.24) is 0 Å². The molecule has 0 saturated carbocycles. The van der Waals surface area contributed by atoms with Crippen molar-refractivity contribution in [1.29, 1.82) is 0 Å². The Morgan fingerprint density at radius 3 is 2.00 bits per heavy atom. The highest BCUT2D eigenvalue weighted by atomic mass is 24.3. The third-order valence-electron chi connectivity index (χ3n) is 1.16. The summed E-state index contributed by atoms with van der Waals surface area (Å²) in [6.07, 6.45) is 9.44. The molecule has 0 bridgehead atoms. The Kier molecular flexibility index (Phi) is 4.29. The molecule has 0 fully saturated rings. The molecule has 41 valence electrons. The van der Waals surface area contributed by atoms with E-state index in [0.29, 0.717) is 5.92 Å². The third-order valence-corrected chi connectivity index (χ3v) is 1.16. The number of rotatable bonds is 1. The summed E-state index contributed by atoms with van der Waals surface area (Å²) >= 11 is 0. The first-order chi connectivity index (χ1) is 3.43. The first kappa shape index (κ1) is 8.25. The van der Waals surface area contributed by atoms with Gasteiger partial charge in [-0.1, -0.05) is 31.2 Å². The normalized spacial score (nSPS) is 16.6. The smallest absolute Gasteiger partial charge is 0.0776 e. The van der Waals surface area contributed by atoms with Crippen LogP contribution in [0.4, 0.5) is 0 Å². The second kappa shape index (κ2) is 4.16. The molecule has 0 unspecified atom stereocenters. The van der Waals surface area contributed by atoms with Gasteiger partial charge < -0.3 is 0 Å². The van der Waals surface area contributed by atoms with Crippen molar-refractivity contribution in [2.24, 2.45) is 5.92 Å². The van der Waals surface area contributed by atoms with Gasteiger partial charge in [0, 0.05) is 0 Å². The Morgan fingerprint density at radius 2 is 1.75 bits per heavy atom. The molecule has 1 heteroatoms. The lowest BCUT2D eigenvalue weighted by atomic mass is 10.1. The van der Waals surface area contributed by atoms with E-state index in [9.17, 15) is 0 Å². The van der Waals surface area contributed by atoms with E-state index < -0.39 is 0 Å². The van der Waals surface area contributed by atoms with Crippen molar-refractivity contribution in [2.45, 2.75) is 6.42 Å². The number of hydrogen-bond donors (Lipinski definition) is 0. The zero-order valence-corrected chi connectivity index (χ0v) is 4.30. The predicted molar refractivity (Wildman–Crippen MR) is 40.3 cm³/mol. The quantitative estimate of drug-likeness (QED) is 0.453. The van der Waals surface area contributed by atoms with Crippen molar-refractivity contribution in [2.75, 3.05) is 0 Å². The molecule has 0 saturated heterocycles. The summed E-state index contributed by atoms with van der Waals surface area (Å²) in [7, 11) is 0. The van der Waals surface area contributed by atoms with E-state index in [1.807, 2.05) is 0 Å². The highest BCUT2D eigenvalue weighted by Gasteiger charge is 1.96. The SMILES string of the molecule is [CH2]CC1C=CC=C1.[MgH2]. The minimum absolute atomic E-state index is 0. The Labute approximate surface area is 66.8 Å². The summed E-state index contributed by atoms with van der Waals surface area (Å²) in [5, 5.41) is 0. The van der Waals surface area contributed by atoms with E-state index in [0.717, 1.165) is 6.42 Å². The van der Waals surface area contributed by atoms with Crippen LogP contribution in [0.2, 0.25) is 0 Å². The molecule has 0 amide bonds. The second-order valence-electron chi connectivity index (χ2n) is 1.72. The van der Waals surface area contributed by atoms with Crippen LogP contribution in [-0.4, -0.2) is 23.1 Å². The summed E-state index contributed by atoms with van der Waals surface area (Å²) in [4.78, 5) is 0. The predicted octanol–water partition coefficient (Wildman–Crippen LogP) is 1.04. The van der Waals surface area contributed by atoms with Gasteiger partial charge in [-0.05, 0) is 12.3 Å². The zero-order chi connectivity index (χ0) is 5.11. The van der Waals surface area contributed by atoms with Crippen LogP contribution in [0.15, 0.2) is 24.3 Å². The molecule has 1 aliphatic carbocycles. The van der Waals surface area contributed by atoms with Gasteiger partial charge >= 0.3 is 23.1 Å². The zero-order valence-electron chi connectivity index (χ0n) is 4.30. The minimum atomic E-state index is 0. The molecule has 1 rings (SSSR count). The van der Waals surface area contributed by atoms with Crippen molar-refractivity contribution < 1.29 is 0 Å². The molecule has 0 spiro atoms. The van der Waals surface area contributed by atoms with Crippen LogP contribution in [0.25, 0.3) is 0 Å². The van der Waals surface area contributed by atoms with Crippen molar-refractivity contribution >= 4 is 23.1 Å². The van der Waals surface area contributed by atoms with Crippen LogP contribution in [0.1, 0.15) is 6.42 Å². The fraction of sp³-hybridized carbons (Fsp3) is 0.286. The Morgan fingerprint density at radius 1 is 1.25 bits per heavy atom. The summed E-state index contributed by atoms with van der Waals surface area (Å²) in [6.45, 7) is 3.77. The first-order valence-electron chi connectivity index (χ1n) is 2.57. The number of hydrogen-bond acceptors (Lipinski definition) is 0. The van der Waals surface area contributed by atoms with Gasteiger partial charge in [-0.15, -0.1) is 0 Å². The van der Waals surface area contributed by atoms with Gasteiger partial charge in [0.05, 0.1) is 0 Å². The average Bonchev–Trinajstić information content (AvgIpc) is 2.14. The molecule has 0 aromatic rings. The molecule has 8 heavy (non-hydrogen) atoms. The minimum Gasteiger partial charge on any atom is -0.0776 e.